The van der Waals surface area contributed by atoms with Crippen LogP contribution in [0.2, 0.25) is 10.0 Å². The van der Waals surface area contributed by atoms with Crippen LogP contribution < -0.4 is 10.2 Å². The van der Waals surface area contributed by atoms with E-state index >= 15 is 0 Å². The molecule has 1 aliphatic heterocycles. The van der Waals surface area contributed by atoms with Gasteiger partial charge < -0.3 is 5.32 Å². The van der Waals surface area contributed by atoms with Crippen molar-refractivity contribution in [1.82, 2.24) is 5.32 Å². The highest BCUT2D eigenvalue weighted by Crippen LogP contribution is 2.30. The predicted molar refractivity (Wildman–Crippen MR) is 84.9 cm³/mol. The van der Waals surface area contributed by atoms with Crippen LogP contribution in [0.5, 0.6) is 0 Å². The molecule has 1 aromatic rings. The van der Waals surface area contributed by atoms with Crippen LogP contribution in [0.15, 0.2) is 18.2 Å². The Morgan fingerprint density at radius 2 is 1.76 bits per heavy atom. The van der Waals surface area contributed by atoms with Crippen molar-refractivity contribution in [3.05, 3.63) is 28.2 Å². The SMILES string of the molecule is CCCC1NC(=O)C(CC)N(c2cc(Cl)cc(Cl)c2)C1=O. The average molecular weight is 329 g/mol. The number of nitrogens with one attached hydrogen (secondary N) is 1. The van der Waals surface area contributed by atoms with Gasteiger partial charge in [0.25, 0.3) is 0 Å². The molecule has 2 atom stereocenters. The number of halogens is 2. The van der Waals surface area contributed by atoms with Crippen LogP contribution in [0.25, 0.3) is 0 Å². The number of amides is 2. The third kappa shape index (κ3) is 3.33. The van der Waals surface area contributed by atoms with Crippen LogP contribution in [-0.2, 0) is 9.59 Å². The Morgan fingerprint density at radius 3 is 2.29 bits per heavy atom. The van der Waals surface area contributed by atoms with E-state index in [2.05, 4.69) is 5.32 Å². The molecule has 21 heavy (non-hydrogen) atoms. The van der Waals surface area contributed by atoms with Gasteiger partial charge in [0.15, 0.2) is 0 Å². The molecule has 1 heterocycles. The van der Waals surface area contributed by atoms with Crippen molar-refractivity contribution in [2.45, 2.75) is 45.2 Å². The molecule has 0 spiro atoms. The Morgan fingerprint density at radius 1 is 1.14 bits per heavy atom. The first-order chi connectivity index (χ1) is 9.97. The molecule has 1 aliphatic rings. The average Bonchev–Trinajstić information content (AvgIpc) is 2.41. The van der Waals surface area contributed by atoms with Crippen LogP contribution >= 0.6 is 23.2 Å². The van der Waals surface area contributed by atoms with E-state index in [1.165, 1.54) is 4.90 Å². The summed E-state index contributed by atoms with van der Waals surface area (Å²) >= 11 is 12.0. The minimum atomic E-state index is -0.528. The van der Waals surface area contributed by atoms with Gasteiger partial charge in [0.1, 0.15) is 12.1 Å². The summed E-state index contributed by atoms with van der Waals surface area (Å²) in [4.78, 5) is 26.4. The molecule has 2 amide bonds. The van der Waals surface area contributed by atoms with E-state index < -0.39 is 12.1 Å². The molecular weight excluding hydrogens is 311 g/mol. The number of carbonyl (C=O) groups excluding carboxylic acids is 2. The summed E-state index contributed by atoms with van der Waals surface area (Å²) in [6.45, 7) is 3.85. The van der Waals surface area contributed by atoms with Gasteiger partial charge in [-0.15, -0.1) is 0 Å². The van der Waals surface area contributed by atoms with E-state index in [-0.39, 0.29) is 11.8 Å². The zero-order chi connectivity index (χ0) is 15.6. The highest BCUT2D eigenvalue weighted by Gasteiger charge is 2.40. The van der Waals surface area contributed by atoms with Crippen LogP contribution in [0.1, 0.15) is 33.1 Å². The van der Waals surface area contributed by atoms with E-state index in [0.717, 1.165) is 6.42 Å². The van der Waals surface area contributed by atoms with E-state index in [1.54, 1.807) is 18.2 Å². The van der Waals surface area contributed by atoms with Gasteiger partial charge in [-0.25, -0.2) is 0 Å². The van der Waals surface area contributed by atoms with Gasteiger partial charge in [-0.2, -0.15) is 0 Å². The van der Waals surface area contributed by atoms with Crippen molar-refractivity contribution >= 4 is 40.7 Å². The van der Waals surface area contributed by atoms with Crippen LogP contribution in [0.4, 0.5) is 5.69 Å². The minimum absolute atomic E-state index is 0.110. The summed E-state index contributed by atoms with van der Waals surface area (Å²) in [5.74, 6) is -0.242. The van der Waals surface area contributed by atoms with Crippen molar-refractivity contribution in [2.75, 3.05) is 4.90 Å². The molecule has 2 unspecified atom stereocenters. The maximum atomic E-state index is 12.7. The normalized spacial score (nSPS) is 22.4. The van der Waals surface area contributed by atoms with Gasteiger partial charge >= 0.3 is 0 Å². The number of carbonyl (C=O) groups is 2. The molecule has 2 rings (SSSR count). The molecular formula is C15H18Cl2N2O2. The largest absolute Gasteiger partial charge is 0.342 e. The highest BCUT2D eigenvalue weighted by atomic mass is 35.5. The quantitative estimate of drug-likeness (QED) is 0.920. The number of benzene rings is 1. The van der Waals surface area contributed by atoms with Gasteiger partial charge in [0.05, 0.1) is 0 Å². The lowest BCUT2D eigenvalue weighted by atomic mass is 10.0. The molecule has 1 saturated heterocycles. The summed E-state index contributed by atoms with van der Waals surface area (Å²) in [6, 6.07) is 3.92. The topological polar surface area (TPSA) is 49.4 Å². The molecule has 1 aromatic carbocycles. The van der Waals surface area contributed by atoms with Gasteiger partial charge in [0, 0.05) is 15.7 Å². The fraction of sp³-hybridized carbons (Fsp3) is 0.467. The summed E-state index contributed by atoms with van der Waals surface area (Å²) in [7, 11) is 0. The lowest BCUT2D eigenvalue weighted by Crippen LogP contribution is -2.63. The smallest absolute Gasteiger partial charge is 0.250 e. The van der Waals surface area contributed by atoms with Crippen molar-refractivity contribution in [3.63, 3.8) is 0 Å². The highest BCUT2D eigenvalue weighted by molar-refractivity contribution is 6.35. The van der Waals surface area contributed by atoms with Crippen molar-refractivity contribution in [2.24, 2.45) is 0 Å². The molecule has 1 N–H and O–H groups in total. The molecule has 1 fully saturated rings. The van der Waals surface area contributed by atoms with Crippen molar-refractivity contribution in [3.8, 4) is 0 Å². The zero-order valence-electron chi connectivity index (χ0n) is 12.0. The summed E-state index contributed by atoms with van der Waals surface area (Å²) in [6.07, 6.45) is 1.96. The van der Waals surface area contributed by atoms with E-state index in [4.69, 9.17) is 23.2 Å². The number of hydrogen-bond acceptors (Lipinski definition) is 2. The number of piperazine rings is 1. The fourth-order valence-corrected chi connectivity index (χ4v) is 3.12. The number of hydrogen-bond donors (Lipinski definition) is 1. The second-order valence-corrected chi connectivity index (χ2v) is 5.98. The van der Waals surface area contributed by atoms with Crippen molar-refractivity contribution in [1.29, 1.82) is 0 Å². The molecule has 0 aliphatic carbocycles. The molecule has 4 nitrogen and oxygen atoms in total. The second kappa shape index (κ2) is 6.67. The van der Waals surface area contributed by atoms with Crippen LogP contribution in [0.3, 0.4) is 0 Å². The standard InChI is InChI=1S/C15H18Cl2N2O2/c1-3-5-12-15(21)19(13(4-2)14(20)18-12)11-7-9(16)6-10(17)8-11/h6-8,12-13H,3-5H2,1-2H3,(H,18,20). The molecule has 0 radical (unpaired) electrons. The fourth-order valence-electron chi connectivity index (χ4n) is 2.61. The second-order valence-electron chi connectivity index (χ2n) is 5.11. The lowest BCUT2D eigenvalue weighted by molar-refractivity contribution is -0.134. The van der Waals surface area contributed by atoms with Gasteiger partial charge in [-0.3, -0.25) is 14.5 Å². The summed E-state index contributed by atoms with van der Waals surface area (Å²) in [5, 5.41) is 3.69. The minimum Gasteiger partial charge on any atom is -0.342 e. The molecule has 0 saturated carbocycles. The monoisotopic (exact) mass is 328 g/mol. The third-order valence-electron chi connectivity index (χ3n) is 3.56. The third-order valence-corrected chi connectivity index (χ3v) is 3.99. The zero-order valence-corrected chi connectivity index (χ0v) is 13.5. The Labute approximate surface area is 134 Å². The summed E-state index contributed by atoms with van der Waals surface area (Å²) in [5.41, 5.74) is 0.570. The van der Waals surface area contributed by atoms with Crippen LogP contribution in [0, 0.1) is 0 Å². The van der Waals surface area contributed by atoms with Gasteiger partial charge in [-0.05, 0) is 31.0 Å². The Balaban J connectivity index is 2.43. The Hall–Kier alpha value is -1.26. The first kappa shape index (κ1) is 16.1. The maximum absolute atomic E-state index is 12.7. The first-order valence-electron chi connectivity index (χ1n) is 7.07. The number of nitrogens with zero attached hydrogens (tertiary/aromatic N) is 1. The van der Waals surface area contributed by atoms with E-state index in [9.17, 15) is 9.59 Å². The van der Waals surface area contributed by atoms with Gasteiger partial charge in [-0.1, -0.05) is 43.5 Å². The first-order valence-corrected chi connectivity index (χ1v) is 7.83. The molecule has 6 heteroatoms. The number of anilines is 1. The number of rotatable bonds is 4. The van der Waals surface area contributed by atoms with Gasteiger partial charge in [0.2, 0.25) is 11.8 Å². The van der Waals surface area contributed by atoms with E-state index in [1.807, 2.05) is 13.8 Å². The predicted octanol–water partition coefficient (Wildman–Crippen LogP) is 3.40. The Bertz CT molecular complexity index is 542. The summed E-state index contributed by atoms with van der Waals surface area (Å²) < 4.78 is 0. The van der Waals surface area contributed by atoms with Crippen molar-refractivity contribution < 1.29 is 9.59 Å². The van der Waals surface area contributed by atoms with E-state index in [0.29, 0.717) is 28.6 Å². The lowest BCUT2D eigenvalue weighted by Gasteiger charge is -2.38. The molecule has 0 bridgehead atoms. The Kier molecular flexibility index (Phi) is 5.12. The molecule has 0 aromatic heterocycles. The van der Waals surface area contributed by atoms with Crippen LogP contribution in [-0.4, -0.2) is 23.9 Å². The molecule has 114 valence electrons. The maximum Gasteiger partial charge on any atom is 0.250 e.